The monoisotopic (exact) mass is 358 g/mol. The van der Waals surface area contributed by atoms with Crippen LogP contribution >= 0.6 is 0 Å². The van der Waals surface area contributed by atoms with Gasteiger partial charge in [-0.05, 0) is 57.8 Å². The molecule has 1 saturated carbocycles. The van der Waals surface area contributed by atoms with E-state index in [1.807, 2.05) is 0 Å². The molecule has 4 unspecified atom stereocenters. The molecular formula is C21H42O4. The van der Waals surface area contributed by atoms with Gasteiger partial charge in [-0.1, -0.05) is 48.5 Å². The Morgan fingerprint density at radius 1 is 0.680 bits per heavy atom. The van der Waals surface area contributed by atoms with Gasteiger partial charge in [0.15, 0.2) is 0 Å². The first-order valence-electron chi connectivity index (χ1n) is 9.98. The molecule has 1 aliphatic carbocycles. The van der Waals surface area contributed by atoms with Gasteiger partial charge in [-0.3, -0.25) is 0 Å². The van der Waals surface area contributed by atoms with Crippen LogP contribution in [-0.2, 0) is 19.6 Å². The molecule has 0 aromatic heterocycles. The SMILES string of the molecule is CC1CC(C)C(OOC(C)(C)C(C)C)C(C)C1OOC(C)(C)C(C)C. The quantitative estimate of drug-likeness (QED) is 0.406. The number of hydrogen-bond acceptors (Lipinski definition) is 4. The zero-order chi connectivity index (χ0) is 19.6. The maximum absolute atomic E-state index is 5.96. The highest BCUT2D eigenvalue weighted by Gasteiger charge is 2.43. The van der Waals surface area contributed by atoms with Gasteiger partial charge >= 0.3 is 0 Å². The molecular weight excluding hydrogens is 316 g/mol. The second-order valence-corrected chi connectivity index (χ2v) is 9.85. The fourth-order valence-electron chi connectivity index (χ4n) is 2.99. The first-order chi connectivity index (χ1) is 11.3. The zero-order valence-electron chi connectivity index (χ0n) is 18.4. The Labute approximate surface area is 155 Å². The molecule has 1 aliphatic rings. The van der Waals surface area contributed by atoms with E-state index in [-0.39, 0.29) is 29.3 Å². The second-order valence-electron chi connectivity index (χ2n) is 9.85. The summed E-state index contributed by atoms with van der Waals surface area (Å²) in [5.41, 5.74) is -0.621. The smallest absolute Gasteiger partial charge is 0.101 e. The van der Waals surface area contributed by atoms with Crippen LogP contribution in [0.2, 0.25) is 0 Å². The lowest BCUT2D eigenvalue weighted by atomic mass is 9.73. The Hall–Kier alpha value is -0.160. The van der Waals surface area contributed by atoms with Crippen LogP contribution in [0, 0.1) is 29.6 Å². The van der Waals surface area contributed by atoms with Crippen molar-refractivity contribution in [1.82, 2.24) is 0 Å². The topological polar surface area (TPSA) is 36.9 Å². The van der Waals surface area contributed by atoms with Gasteiger partial charge in [0.1, 0.15) is 23.4 Å². The van der Waals surface area contributed by atoms with Crippen molar-refractivity contribution in [3.63, 3.8) is 0 Å². The van der Waals surface area contributed by atoms with Crippen LogP contribution in [0.4, 0.5) is 0 Å². The Balaban J connectivity index is 2.75. The lowest BCUT2D eigenvalue weighted by molar-refractivity contribution is -0.434. The summed E-state index contributed by atoms with van der Waals surface area (Å²) in [4.78, 5) is 23.6. The summed E-state index contributed by atoms with van der Waals surface area (Å²) in [7, 11) is 0. The van der Waals surface area contributed by atoms with Crippen molar-refractivity contribution in [2.45, 2.75) is 106 Å². The van der Waals surface area contributed by atoms with E-state index in [0.29, 0.717) is 23.7 Å². The lowest BCUT2D eigenvalue weighted by Gasteiger charge is -2.44. The van der Waals surface area contributed by atoms with Crippen LogP contribution in [0.25, 0.3) is 0 Å². The van der Waals surface area contributed by atoms with E-state index in [9.17, 15) is 0 Å². The predicted molar refractivity (Wildman–Crippen MR) is 102 cm³/mol. The molecule has 25 heavy (non-hydrogen) atoms. The third kappa shape index (κ3) is 5.92. The van der Waals surface area contributed by atoms with Gasteiger partial charge in [0.25, 0.3) is 0 Å². The van der Waals surface area contributed by atoms with E-state index >= 15 is 0 Å². The summed E-state index contributed by atoms with van der Waals surface area (Å²) in [5.74, 6) is 1.80. The fraction of sp³-hybridized carbons (Fsp3) is 1.00. The summed E-state index contributed by atoms with van der Waals surface area (Å²) in [6, 6.07) is 0. The fourth-order valence-corrected chi connectivity index (χ4v) is 2.99. The molecule has 150 valence electrons. The van der Waals surface area contributed by atoms with Gasteiger partial charge in [0, 0.05) is 5.92 Å². The van der Waals surface area contributed by atoms with Crippen LogP contribution in [0.5, 0.6) is 0 Å². The molecule has 1 rings (SSSR count). The predicted octanol–water partition coefficient (Wildman–Crippen LogP) is 5.80. The minimum atomic E-state index is -0.311. The van der Waals surface area contributed by atoms with Crippen LogP contribution in [0.3, 0.4) is 0 Å². The van der Waals surface area contributed by atoms with Crippen molar-refractivity contribution in [3.8, 4) is 0 Å². The molecule has 0 amide bonds. The minimum absolute atomic E-state index is 0.00462. The number of hydrogen-bond donors (Lipinski definition) is 0. The summed E-state index contributed by atoms with van der Waals surface area (Å²) in [6.07, 6.45) is 1.05. The summed E-state index contributed by atoms with van der Waals surface area (Å²) >= 11 is 0. The molecule has 1 fully saturated rings. The van der Waals surface area contributed by atoms with E-state index in [0.717, 1.165) is 6.42 Å². The molecule has 0 radical (unpaired) electrons. The molecule has 0 saturated heterocycles. The van der Waals surface area contributed by atoms with Crippen LogP contribution in [0.1, 0.15) is 82.6 Å². The van der Waals surface area contributed by atoms with Crippen LogP contribution in [-0.4, -0.2) is 23.4 Å². The van der Waals surface area contributed by atoms with E-state index in [1.54, 1.807) is 0 Å². The normalized spacial score (nSPS) is 31.8. The van der Waals surface area contributed by atoms with Crippen molar-refractivity contribution in [2.24, 2.45) is 29.6 Å². The molecule has 0 aromatic carbocycles. The molecule has 0 spiro atoms. The highest BCUT2D eigenvalue weighted by atomic mass is 17.2. The summed E-state index contributed by atoms with van der Waals surface area (Å²) < 4.78 is 0. The van der Waals surface area contributed by atoms with Crippen LogP contribution < -0.4 is 0 Å². The first kappa shape index (κ1) is 22.9. The molecule has 4 atom stereocenters. The first-order valence-corrected chi connectivity index (χ1v) is 9.98. The Kier molecular flexibility index (Phi) is 7.95. The Morgan fingerprint density at radius 2 is 1.00 bits per heavy atom. The summed E-state index contributed by atoms with van der Waals surface area (Å²) in [6.45, 7) is 23.5. The van der Waals surface area contributed by atoms with Gasteiger partial charge < -0.3 is 0 Å². The zero-order valence-corrected chi connectivity index (χ0v) is 18.4. The van der Waals surface area contributed by atoms with Crippen molar-refractivity contribution in [2.75, 3.05) is 0 Å². The molecule has 0 heterocycles. The van der Waals surface area contributed by atoms with Gasteiger partial charge in [-0.15, -0.1) is 0 Å². The Bertz CT molecular complexity index is 367. The van der Waals surface area contributed by atoms with Crippen molar-refractivity contribution in [1.29, 1.82) is 0 Å². The van der Waals surface area contributed by atoms with Crippen molar-refractivity contribution in [3.05, 3.63) is 0 Å². The highest BCUT2D eigenvalue weighted by Crippen LogP contribution is 2.39. The van der Waals surface area contributed by atoms with E-state index < -0.39 is 0 Å². The number of rotatable bonds is 8. The van der Waals surface area contributed by atoms with Gasteiger partial charge in [-0.2, -0.15) is 0 Å². The van der Waals surface area contributed by atoms with Gasteiger partial charge in [0.2, 0.25) is 0 Å². The van der Waals surface area contributed by atoms with E-state index in [2.05, 4.69) is 76.2 Å². The third-order valence-electron chi connectivity index (χ3n) is 6.43. The van der Waals surface area contributed by atoms with Gasteiger partial charge in [0.05, 0.1) is 0 Å². The minimum Gasteiger partial charge on any atom is -0.232 e. The maximum Gasteiger partial charge on any atom is 0.101 e. The second kappa shape index (κ2) is 8.69. The molecule has 0 aromatic rings. The summed E-state index contributed by atoms with van der Waals surface area (Å²) in [5, 5.41) is 0. The Morgan fingerprint density at radius 3 is 1.28 bits per heavy atom. The average Bonchev–Trinajstić information content (AvgIpc) is 2.45. The standard InChI is InChI=1S/C21H42O4/c1-13(2)20(8,9)24-22-18-15(5)12-16(6)19(17(18)7)23-25-21(10,11)14(3)4/h13-19H,12H2,1-11H3. The molecule has 0 N–H and O–H groups in total. The van der Waals surface area contributed by atoms with Crippen molar-refractivity contribution < 1.29 is 19.6 Å². The van der Waals surface area contributed by atoms with Crippen LogP contribution in [0.15, 0.2) is 0 Å². The molecule has 0 aliphatic heterocycles. The van der Waals surface area contributed by atoms with E-state index in [1.165, 1.54) is 0 Å². The highest BCUT2D eigenvalue weighted by molar-refractivity contribution is 4.88. The third-order valence-corrected chi connectivity index (χ3v) is 6.43. The molecule has 0 bridgehead atoms. The average molecular weight is 359 g/mol. The maximum atomic E-state index is 5.96. The van der Waals surface area contributed by atoms with E-state index in [4.69, 9.17) is 19.6 Å². The van der Waals surface area contributed by atoms with Gasteiger partial charge in [-0.25, -0.2) is 19.6 Å². The molecule has 4 nitrogen and oxygen atoms in total. The lowest BCUT2D eigenvalue weighted by Crippen LogP contribution is -2.49. The molecule has 4 heteroatoms. The largest absolute Gasteiger partial charge is 0.232 e. The van der Waals surface area contributed by atoms with Crippen molar-refractivity contribution >= 4 is 0 Å².